The summed E-state index contributed by atoms with van der Waals surface area (Å²) >= 11 is 0. The lowest BCUT2D eigenvalue weighted by Crippen LogP contribution is -2.42. The predicted molar refractivity (Wildman–Crippen MR) is 99.4 cm³/mol. The number of phenols is 1. The van der Waals surface area contributed by atoms with Gasteiger partial charge < -0.3 is 14.8 Å². The number of anilines is 1. The van der Waals surface area contributed by atoms with Crippen molar-refractivity contribution < 1.29 is 19.1 Å². The van der Waals surface area contributed by atoms with Gasteiger partial charge in [-0.1, -0.05) is 0 Å². The Morgan fingerprint density at radius 1 is 1.07 bits per heavy atom. The van der Waals surface area contributed by atoms with Crippen molar-refractivity contribution in [1.82, 2.24) is 10.9 Å². The van der Waals surface area contributed by atoms with E-state index in [0.717, 1.165) is 10.9 Å². The first-order valence-corrected chi connectivity index (χ1v) is 8.09. The fraction of sp³-hybridized carbons (Fsp3) is 0.105. The van der Waals surface area contributed by atoms with Gasteiger partial charge in [-0.05, 0) is 48.9 Å². The van der Waals surface area contributed by atoms with Crippen molar-refractivity contribution in [3.05, 3.63) is 70.1 Å². The third-order valence-electron chi connectivity index (χ3n) is 3.82. The van der Waals surface area contributed by atoms with Gasteiger partial charge in [-0.15, -0.1) is 0 Å². The molecule has 8 nitrogen and oxygen atoms in total. The number of carbonyl (C=O) groups is 2. The quantitative estimate of drug-likeness (QED) is 0.402. The van der Waals surface area contributed by atoms with Crippen molar-refractivity contribution in [2.75, 3.05) is 11.9 Å². The Kier molecular flexibility index (Phi) is 5.18. The lowest BCUT2D eigenvalue weighted by Gasteiger charge is -2.09. The first kappa shape index (κ1) is 18.2. The standard InChI is InChI=1S/C19H17N3O5/c1-11-8-18(25)27-16-9-13(4-7-15(11)16)21-17(24)10-20-22-19(26)12-2-5-14(23)6-3-12/h2-9,20,23H,10H2,1H3,(H,21,24)(H,22,26). The second-order valence-electron chi connectivity index (χ2n) is 5.86. The van der Waals surface area contributed by atoms with Gasteiger partial charge in [0.2, 0.25) is 5.91 Å². The molecule has 0 atom stereocenters. The van der Waals surface area contributed by atoms with E-state index in [-0.39, 0.29) is 12.3 Å². The van der Waals surface area contributed by atoms with Crippen molar-refractivity contribution in [1.29, 1.82) is 0 Å². The molecule has 0 aliphatic carbocycles. The molecule has 0 saturated heterocycles. The highest BCUT2D eigenvalue weighted by Crippen LogP contribution is 2.20. The summed E-state index contributed by atoms with van der Waals surface area (Å²) in [6.45, 7) is 1.64. The van der Waals surface area contributed by atoms with E-state index < -0.39 is 17.4 Å². The van der Waals surface area contributed by atoms with Gasteiger partial charge in [0.1, 0.15) is 11.3 Å². The maximum atomic E-state index is 12.0. The highest BCUT2D eigenvalue weighted by molar-refractivity contribution is 5.96. The molecule has 1 aromatic heterocycles. The third kappa shape index (κ3) is 4.50. The fourth-order valence-electron chi connectivity index (χ4n) is 2.50. The van der Waals surface area contributed by atoms with E-state index >= 15 is 0 Å². The monoisotopic (exact) mass is 367 g/mol. The number of hydrogen-bond donors (Lipinski definition) is 4. The van der Waals surface area contributed by atoms with Crippen LogP contribution in [0.15, 0.2) is 57.7 Å². The minimum absolute atomic E-state index is 0.0558. The van der Waals surface area contributed by atoms with Gasteiger partial charge in [0.05, 0.1) is 6.54 Å². The number of benzene rings is 2. The third-order valence-corrected chi connectivity index (χ3v) is 3.82. The largest absolute Gasteiger partial charge is 0.508 e. The van der Waals surface area contributed by atoms with Crippen LogP contribution in [0.25, 0.3) is 11.0 Å². The average molecular weight is 367 g/mol. The zero-order chi connectivity index (χ0) is 19.4. The smallest absolute Gasteiger partial charge is 0.336 e. The molecule has 2 aromatic carbocycles. The van der Waals surface area contributed by atoms with Gasteiger partial charge >= 0.3 is 5.63 Å². The lowest BCUT2D eigenvalue weighted by atomic mass is 10.1. The molecule has 27 heavy (non-hydrogen) atoms. The van der Waals surface area contributed by atoms with Crippen LogP contribution in [-0.4, -0.2) is 23.5 Å². The molecule has 0 spiro atoms. The summed E-state index contributed by atoms with van der Waals surface area (Å²) in [6.07, 6.45) is 0. The van der Waals surface area contributed by atoms with E-state index in [1.165, 1.54) is 30.3 Å². The topological polar surface area (TPSA) is 121 Å². The normalized spacial score (nSPS) is 10.6. The summed E-state index contributed by atoms with van der Waals surface area (Å²) in [5.74, 6) is -0.776. The number of aromatic hydroxyl groups is 1. The SMILES string of the molecule is Cc1cc(=O)oc2cc(NC(=O)CNNC(=O)c3ccc(O)cc3)ccc12. The molecule has 0 aliphatic heterocycles. The number of phenolic OH excluding ortho intramolecular Hbond substituents is 1. The van der Waals surface area contributed by atoms with Gasteiger partial charge in [-0.2, -0.15) is 0 Å². The number of amides is 2. The molecule has 0 bridgehead atoms. The van der Waals surface area contributed by atoms with Crippen molar-refractivity contribution >= 4 is 28.5 Å². The van der Waals surface area contributed by atoms with Crippen LogP contribution in [0.5, 0.6) is 5.75 Å². The summed E-state index contributed by atoms with van der Waals surface area (Å²) in [5, 5.41) is 12.6. The van der Waals surface area contributed by atoms with Gasteiger partial charge in [-0.25, -0.2) is 10.2 Å². The van der Waals surface area contributed by atoms with Gasteiger partial charge in [0, 0.05) is 28.8 Å². The molecule has 0 unspecified atom stereocenters. The number of hydrogen-bond acceptors (Lipinski definition) is 6. The maximum Gasteiger partial charge on any atom is 0.336 e. The molecular formula is C19H17N3O5. The van der Waals surface area contributed by atoms with Crippen LogP contribution in [0.3, 0.4) is 0 Å². The molecule has 3 aromatic rings. The Hall–Kier alpha value is -3.65. The second kappa shape index (κ2) is 7.71. The highest BCUT2D eigenvalue weighted by atomic mass is 16.4. The van der Waals surface area contributed by atoms with Crippen molar-refractivity contribution in [2.24, 2.45) is 0 Å². The Morgan fingerprint density at radius 2 is 1.81 bits per heavy atom. The Bertz CT molecular complexity index is 1060. The Morgan fingerprint density at radius 3 is 2.56 bits per heavy atom. The summed E-state index contributed by atoms with van der Waals surface area (Å²) < 4.78 is 5.14. The molecule has 0 radical (unpaired) electrons. The van der Waals surface area contributed by atoms with Crippen LogP contribution in [0.1, 0.15) is 15.9 Å². The zero-order valence-corrected chi connectivity index (χ0v) is 14.4. The van der Waals surface area contributed by atoms with Crippen LogP contribution in [0.2, 0.25) is 0 Å². The number of fused-ring (bicyclic) bond motifs is 1. The van der Waals surface area contributed by atoms with Crippen LogP contribution >= 0.6 is 0 Å². The molecule has 2 amide bonds. The first-order chi connectivity index (χ1) is 12.9. The number of hydrazine groups is 1. The van der Waals surface area contributed by atoms with E-state index in [4.69, 9.17) is 4.42 Å². The number of aryl methyl sites for hydroxylation is 1. The zero-order valence-electron chi connectivity index (χ0n) is 14.4. The summed E-state index contributed by atoms with van der Waals surface area (Å²) in [7, 11) is 0. The predicted octanol–water partition coefficient (Wildman–Crippen LogP) is 1.68. The van der Waals surface area contributed by atoms with E-state index in [2.05, 4.69) is 16.2 Å². The molecule has 8 heteroatoms. The van der Waals surface area contributed by atoms with Crippen LogP contribution in [0, 0.1) is 6.92 Å². The van der Waals surface area contributed by atoms with E-state index in [1.807, 2.05) is 0 Å². The molecule has 0 aliphatic rings. The number of nitrogens with one attached hydrogen (secondary N) is 3. The van der Waals surface area contributed by atoms with Crippen LogP contribution < -0.4 is 21.8 Å². The van der Waals surface area contributed by atoms with Crippen LogP contribution in [-0.2, 0) is 4.79 Å². The fourth-order valence-corrected chi connectivity index (χ4v) is 2.50. The van der Waals surface area contributed by atoms with Crippen LogP contribution in [0.4, 0.5) is 5.69 Å². The van der Waals surface area contributed by atoms with Gasteiger partial charge in [-0.3, -0.25) is 15.0 Å². The molecule has 1 heterocycles. The number of carbonyl (C=O) groups excluding carboxylic acids is 2. The van der Waals surface area contributed by atoms with E-state index in [1.54, 1.807) is 25.1 Å². The Labute approximate surface area is 153 Å². The Balaban J connectivity index is 1.56. The van der Waals surface area contributed by atoms with E-state index in [9.17, 15) is 19.5 Å². The summed E-state index contributed by atoms with van der Waals surface area (Å²) in [6, 6.07) is 12.1. The molecular weight excluding hydrogens is 350 g/mol. The maximum absolute atomic E-state index is 12.0. The molecule has 3 rings (SSSR count). The van der Waals surface area contributed by atoms with Gasteiger partial charge in [0.25, 0.3) is 5.91 Å². The summed E-state index contributed by atoms with van der Waals surface area (Å²) in [5.41, 5.74) is 6.43. The number of rotatable bonds is 5. The minimum Gasteiger partial charge on any atom is -0.508 e. The van der Waals surface area contributed by atoms with E-state index in [0.29, 0.717) is 16.8 Å². The lowest BCUT2D eigenvalue weighted by molar-refractivity contribution is -0.115. The first-order valence-electron chi connectivity index (χ1n) is 8.09. The minimum atomic E-state index is -0.456. The molecule has 4 N–H and O–H groups in total. The molecule has 0 saturated carbocycles. The highest BCUT2D eigenvalue weighted by Gasteiger charge is 2.08. The molecule has 0 fully saturated rings. The van der Waals surface area contributed by atoms with Gasteiger partial charge in [0.15, 0.2) is 0 Å². The van der Waals surface area contributed by atoms with Crippen molar-refractivity contribution in [3.63, 3.8) is 0 Å². The second-order valence-corrected chi connectivity index (χ2v) is 5.86. The van der Waals surface area contributed by atoms with Crippen molar-refractivity contribution in [2.45, 2.75) is 6.92 Å². The average Bonchev–Trinajstić information content (AvgIpc) is 2.61. The molecule has 138 valence electrons. The summed E-state index contributed by atoms with van der Waals surface area (Å²) in [4.78, 5) is 35.3. The van der Waals surface area contributed by atoms with Crippen molar-refractivity contribution in [3.8, 4) is 5.75 Å².